The largest absolute Gasteiger partial charge is 0.326 e. The number of pyridine rings is 1. The van der Waals surface area contributed by atoms with Crippen LogP contribution in [0.15, 0.2) is 22.6 Å². The normalized spacial score (nSPS) is 14.5. The number of nitrogens with zero attached hydrogens (tertiary/aromatic N) is 3. The van der Waals surface area contributed by atoms with Gasteiger partial charge in [0.1, 0.15) is 11.4 Å². The molecule has 0 aromatic carbocycles. The van der Waals surface area contributed by atoms with Crippen molar-refractivity contribution in [2.45, 2.75) is 42.4 Å². The van der Waals surface area contributed by atoms with E-state index in [1.54, 1.807) is 0 Å². The first-order chi connectivity index (χ1) is 8.86. The fourth-order valence-corrected chi connectivity index (χ4v) is 3.04. The molecule has 0 fully saturated rings. The first kappa shape index (κ1) is 11.7. The van der Waals surface area contributed by atoms with Crippen LogP contribution in [0, 0.1) is 0 Å². The van der Waals surface area contributed by atoms with Gasteiger partial charge < -0.3 is 5.73 Å². The van der Waals surface area contributed by atoms with Gasteiger partial charge in [0.05, 0.1) is 0 Å². The first-order valence-electron chi connectivity index (χ1n) is 6.12. The standard InChI is InChI=1S/C12H15N5S/c13-6-9-5-8-3-1-2-4-10(8)16-11(9)18-12-14-7-15-17-12/h5,7H,1-4,6,13H2,(H,14,15,17). The molecular weight excluding hydrogens is 246 g/mol. The zero-order valence-electron chi connectivity index (χ0n) is 10.0. The highest BCUT2D eigenvalue weighted by atomic mass is 32.2. The summed E-state index contributed by atoms with van der Waals surface area (Å²) < 4.78 is 0. The van der Waals surface area contributed by atoms with E-state index in [4.69, 9.17) is 10.7 Å². The van der Waals surface area contributed by atoms with Crippen LogP contribution in [0.1, 0.15) is 29.7 Å². The number of hydrogen-bond acceptors (Lipinski definition) is 5. The van der Waals surface area contributed by atoms with Crippen molar-refractivity contribution in [3.8, 4) is 0 Å². The second-order valence-corrected chi connectivity index (χ2v) is 5.34. The summed E-state index contributed by atoms with van der Waals surface area (Å²) >= 11 is 1.50. The van der Waals surface area contributed by atoms with E-state index in [2.05, 4.69) is 21.2 Å². The van der Waals surface area contributed by atoms with Crippen molar-refractivity contribution >= 4 is 11.8 Å². The fraction of sp³-hybridized carbons (Fsp3) is 0.417. The molecule has 2 aromatic heterocycles. The van der Waals surface area contributed by atoms with Gasteiger partial charge in [-0.3, -0.25) is 5.10 Å². The summed E-state index contributed by atoms with van der Waals surface area (Å²) in [5, 5.41) is 8.39. The summed E-state index contributed by atoms with van der Waals surface area (Å²) in [4.78, 5) is 8.87. The lowest BCUT2D eigenvalue weighted by Gasteiger charge is -2.17. The average molecular weight is 261 g/mol. The van der Waals surface area contributed by atoms with Crippen LogP contribution in [0.2, 0.25) is 0 Å². The molecule has 0 saturated carbocycles. The minimum absolute atomic E-state index is 0.511. The number of rotatable bonds is 3. The van der Waals surface area contributed by atoms with E-state index in [0.717, 1.165) is 28.6 Å². The third-order valence-electron chi connectivity index (χ3n) is 3.15. The maximum absolute atomic E-state index is 5.81. The molecule has 0 saturated heterocycles. The Hall–Kier alpha value is -1.40. The van der Waals surface area contributed by atoms with Gasteiger partial charge in [-0.1, -0.05) is 6.07 Å². The Labute approximate surface area is 110 Å². The van der Waals surface area contributed by atoms with Crippen molar-refractivity contribution in [2.75, 3.05) is 0 Å². The van der Waals surface area contributed by atoms with Crippen LogP contribution in [0.3, 0.4) is 0 Å². The molecule has 0 atom stereocenters. The Kier molecular flexibility index (Phi) is 3.29. The van der Waals surface area contributed by atoms with Gasteiger partial charge in [0.15, 0.2) is 5.16 Å². The first-order valence-corrected chi connectivity index (χ1v) is 6.93. The van der Waals surface area contributed by atoms with Gasteiger partial charge in [-0.05, 0) is 48.6 Å². The van der Waals surface area contributed by atoms with E-state index >= 15 is 0 Å². The highest BCUT2D eigenvalue weighted by Gasteiger charge is 2.15. The average Bonchev–Trinajstić information content (AvgIpc) is 2.91. The van der Waals surface area contributed by atoms with E-state index in [1.165, 1.54) is 42.2 Å². The van der Waals surface area contributed by atoms with E-state index < -0.39 is 0 Å². The smallest absolute Gasteiger partial charge is 0.189 e. The van der Waals surface area contributed by atoms with Gasteiger partial charge in [0, 0.05) is 12.2 Å². The molecule has 0 spiro atoms. The third kappa shape index (κ3) is 2.26. The molecule has 94 valence electrons. The predicted octanol–water partition coefficient (Wildman–Crippen LogP) is 1.69. The van der Waals surface area contributed by atoms with E-state index in [1.807, 2.05) is 0 Å². The molecule has 6 heteroatoms. The van der Waals surface area contributed by atoms with Crippen molar-refractivity contribution in [2.24, 2.45) is 5.73 Å². The number of nitrogens with one attached hydrogen (secondary N) is 1. The van der Waals surface area contributed by atoms with Gasteiger partial charge in [0.2, 0.25) is 0 Å². The second-order valence-electron chi connectivity index (χ2n) is 4.36. The molecule has 18 heavy (non-hydrogen) atoms. The summed E-state index contributed by atoms with van der Waals surface area (Å²) in [6.07, 6.45) is 6.19. The van der Waals surface area contributed by atoms with Crippen LogP contribution in [0.4, 0.5) is 0 Å². The minimum atomic E-state index is 0.511. The Balaban J connectivity index is 1.96. The Bertz CT molecular complexity index is 538. The highest BCUT2D eigenvalue weighted by Crippen LogP contribution is 2.30. The van der Waals surface area contributed by atoms with Gasteiger partial charge in [0.25, 0.3) is 0 Å². The van der Waals surface area contributed by atoms with Crippen molar-refractivity contribution in [3.63, 3.8) is 0 Å². The number of aromatic nitrogens is 4. The van der Waals surface area contributed by atoms with Crippen molar-refractivity contribution < 1.29 is 0 Å². The van der Waals surface area contributed by atoms with Crippen LogP contribution in [-0.4, -0.2) is 20.2 Å². The molecule has 0 aliphatic heterocycles. The maximum atomic E-state index is 5.81. The Morgan fingerprint density at radius 2 is 2.22 bits per heavy atom. The van der Waals surface area contributed by atoms with Gasteiger partial charge in [-0.25, -0.2) is 9.97 Å². The quantitative estimate of drug-likeness (QED) is 0.878. The second kappa shape index (κ2) is 5.07. The molecule has 2 aromatic rings. The molecule has 2 heterocycles. The van der Waals surface area contributed by atoms with Crippen molar-refractivity contribution in [1.29, 1.82) is 0 Å². The summed E-state index contributed by atoms with van der Waals surface area (Å²) in [6.45, 7) is 0.511. The molecule has 0 amide bonds. The van der Waals surface area contributed by atoms with E-state index in [-0.39, 0.29) is 0 Å². The van der Waals surface area contributed by atoms with Crippen molar-refractivity contribution in [3.05, 3.63) is 29.2 Å². The number of aryl methyl sites for hydroxylation is 2. The molecule has 0 bridgehead atoms. The van der Waals surface area contributed by atoms with Gasteiger partial charge >= 0.3 is 0 Å². The summed E-state index contributed by atoms with van der Waals surface area (Å²) in [5.74, 6) is 0. The molecule has 0 radical (unpaired) electrons. The number of aromatic amines is 1. The van der Waals surface area contributed by atoms with Crippen LogP contribution >= 0.6 is 11.8 Å². The van der Waals surface area contributed by atoms with Gasteiger partial charge in [-0.2, -0.15) is 5.10 Å². The van der Waals surface area contributed by atoms with Crippen LogP contribution < -0.4 is 5.73 Å². The molecular formula is C12H15N5S. The molecule has 3 rings (SSSR count). The Morgan fingerprint density at radius 3 is 3.00 bits per heavy atom. The van der Waals surface area contributed by atoms with Crippen LogP contribution in [0.25, 0.3) is 0 Å². The molecule has 3 N–H and O–H groups in total. The summed E-state index contributed by atoms with van der Waals surface area (Å²) in [7, 11) is 0. The maximum Gasteiger partial charge on any atom is 0.189 e. The monoisotopic (exact) mass is 261 g/mol. The lowest BCUT2D eigenvalue weighted by atomic mass is 9.95. The van der Waals surface area contributed by atoms with Crippen LogP contribution in [-0.2, 0) is 19.4 Å². The highest BCUT2D eigenvalue weighted by molar-refractivity contribution is 7.99. The summed E-state index contributed by atoms with van der Waals surface area (Å²) in [6, 6.07) is 2.21. The summed E-state index contributed by atoms with van der Waals surface area (Å²) in [5.41, 5.74) is 9.49. The topological polar surface area (TPSA) is 80.5 Å². The molecule has 1 aliphatic rings. The molecule has 1 aliphatic carbocycles. The molecule has 5 nitrogen and oxygen atoms in total. The lowest BCUT2D eigenvalue weighted by molar-refractivity contribution is 0.656. The zero-order valence-corrected chi connectivity index (χ0v) is 10.8. The number of H-pyrrole nitrogens is 1. The zero-order chi connectivity index (χ0) is 12.4. The van der Waals surface area contributed by atoms with Crippen molar-refractivity contribution in [1.82, 2.24) is 20.2 Å². The van der Waals surface area contributed by atoms with E-state index in [9.17, 15) is 0 Å². The predicted molar refractivity (Wildman–Crippen MR) is 69.3 cm³/mol. The van der Waals surface area contributed by atoms with E-state index in [0.29, 0.717) is 6.54 Å². The minimum Gasteiger partial charge on any atom is -0.326 e. The van der Waals surface area contributed by atoms with Gasteiger partial charge in [-0.15, -0.1) is 0 Å². The molecule has 0 unspecified atom stereocenters. The number of nitrogens with two attached hydrogens (primary N) is 1. The van der Waals surface area contributed by atoms with Crippen LogP contribution in [0.5, 0.6) is 0 Å². The number of hydrogen-bond donors (Lipinski definition) is 2. The Morgan fingerprint density at radius 1 is 1.33 bits per heavy atom. The fourth-order valence-electron chi connectivity index (χ4n) is 2.23. The number of fused-ring (bicyclic) bond motifs is 1. The lowest BCUT2D eigenvalue weighted by Crippen LogP contribution is -2.10. The third-order valence-corrected chi connectivity index (χ3v) is 4.08. The SMILES string of the molecule is NCc1cc2c(nc1Sc1ncn[nH]1)CCCC2.